The fourth-order valence-electron chi connectivity index (χ4n) is 2.54. The lowest BCUT2D eigenvalue weighted by molar-refractivity contribution is -0.870. The first-order chi connectivity index (χ1) is 13.2. The molecule has 0 aliphatic rings. The van der Waals surface area contributed by atoms with Crippen LogP contribution in [-0.4, -0.2) is 58.0 Å². The van der Waals surface area contributed by atoms with Crippen molar-refractivity contribution in [3.05, 3.63) is 0 Å². The third-order valence-corrected chi connectivity index (χ3v) is 5.29. The maximum atomic E-state index is 11.6. The van der Waals surface area contributed by atoms with E-state index in [1.807, 2.05) is 21.1 Å². The van der Waals surface area contributed by atoms with E-state index in [2.05, 4.69) is 6.92 Å². The van der Waals surface area contributed by atoms with Crippen LogP contribution in [0.15, 0.2) is 0 Å². The second-order valence-electron chi connectivity index (χ2n) is 8.28. The minimum absolute atomic E-state index is 0.0452. The third-order valence-electron chi connectivity index (χ3n) is 4.30. The van der Waals surface area contributed by atoms with Crippen LogP contribution < -0.4 is 4.89 Å². The Bertz CT molecular complexity index is 439. The monoisotopic (exact) mass is 423 g/mol. The molecule has 0 saturated carbocycles. The highest BCUT2D eigenvalue weighted by molar-refractivity contribution is 7.45. The van der Waals surface area contributed by atoms with Crippen LogP contribution in [0.1, 0.15) is 77.6 Å². The Morgan fingerprint density at radius 3 is 1.93 bits per heavy atom. The zero-order valence-corrected chi connectivity index (χ0v) is 19.3. The van der Waals surface area contributed by atoms with Crippen molar-refractivity contribution in [2.24, 2.45) is 0 Å². The van der Waals surface area contributed by atoms with Crippen LogP contribution in [0.25, 0.3) is 0 Å². The first kappa shape index (κ1) is 27.5. The molecule has 0 aromatic rings. The van der Waals surface area contributed by atoms with Gasteiger partial charge in [-0.05, 0) is 6.42 Å². The first-order valence-electron chi connectivity index (χ1n) is 10.7. The standard InChI is InChI=1S/C20H42NO6P/c1-5-6-7-8-9-10-11-12-13-15-20(22)25-17-14-18-26-28(23,24)27-19-16-21(2,3)4/h5-19H2,1-4H3. The van der Waals surface area contributed by atoms with Gasteiger partial charge in [-0.1, -0.05) is 58.3 Å². The van der Waals surface area contributed by atoms with Crippen molar-refractivity contribution in [3.63, 3.8) is 0 Å². The van der Waals surface area contributed by atoms with E-state index in [1.165, 1.54) is 44.9 Å². The Morgan fingerprint density at radius 1 is 0.821 bits per heavy atom. The molecule has 168 valence electrons. The minimum atomic E-state index is -4.28. The number of hydrogen-bond acceptors (Lipinski definition) is 6. The van der Waals surface area contributed by atoms with E-state index < -0.39 is 7.82 Å². The number of quaternary nitrogens is 1. The molecule has 8 heteroatoms. The second kappa shape index (κ2) is 16.3. The van der Waals surface area contributed by atoms with Crippen molar-refractivity contribution >= 4 is 13.8 Å². The molecular formula is C20H42NO6P. The smallest absolute Gasteiger partial charge is 0.305 e. The van der Waals surface area contributed by atoms with Crippen LogP contribution >= 0.6 is 7.82 Å². The molecule has 7 nitrogen and oxygen atoms in total. The van der Waals surface area contributed by atoms with Crippen LogP contribution in [0.4, 0.5) is 0 Å². The molecule has 0 radical (unpaired) electrons. The lowest BCUT2D eigenvalue weighted by Gasteiger charge is -2.27. The fourth-order valence-corrected chi connectivity index (χ4v) is 3.27. The number of rotatable bonds is 19. The number of ether oxygens (including phenoxy) is 1. The van der Waals surface area contributed by atoms with E-state index in [0.717, 1.165) is 12.8 Å². The molecule has 0 saturated heterocycles. The number of carbonyl (C=O) groups is 1. The average Bonchev–Trinajstić information content (AvgIpc) is 2.58. The van der Waals surface area contributed by atoms with Gasteiger partial charge in [-0.2, -0.15) is 0 Å². The van der Waals surface area contributed by atoms with Gasteiger partial charge in [0, 0.05) is 12.8 Å². The summed E-state index contributed by atoms with van der Waals surface area (Å²) >= 11 is 0. The van der Waals surface area contributed by atoms with Crippen molar-refractivity contribution in [2.45, 2.75) is 77.6 Å². The maximum absolute atomic E-state index is 11.6. The zero-order valence-electron chi connectivity index (χ0n) is 18.5. The van der Waals surface area contributed by atoms with Gasteiger partial charge in [0.05, 0.1) is 34.4 Å². The molecular weight excluding hydrogens is 381 g/mol. The summed E-state index contributed by atoms with van der Waals surface area (Å²) in [7, 11) is 1.56. The van der Waals surface area contributed by atoms with Gasteiger partial charge in [0.15, 0.2) is 0 Å². The molecule has 1 unspecified atom stereocenters. The number of hydrogen-bond donors (Lipinski definition) is 0. The predicted molar refractivity (Wildman–Crippen MR) is 110 cm³/mol. The quantitative estimate of drug-likeness (QED) is 0.135. The number of unbranched alkanes of at least 4 members (excludes halogenated alkanes) is 8. The van der Waals surface area contributed by atoms with Gasteiger partial charge in [0.25, 0.3) is 7.82 Å². The summed E-state index contributed by atoms with van der Waals surface area (Å²) in [4.78, 5) is 23.2. The highest BCUT2D eigenvalue weighted by atomic mass is 31.2. The van der Waals surface area contributed by atoms with Gasteiger partial charge >= 0.3 is 5.97 Å². The van der Waals surface area contributed by atoms with Crippen molar-refractivity contribution in [1.29, 1.82) is 0 Å². The van der Waals surface area contributed by atoms with Crippen molar-refractivity contribution in [2.75, 3.05) is 47.5 Å². The Kier molecular flexibility index (Phi) is 16.1. The molecule has 28 heavy (non-hydrogen) atoms. The van der Waals surface area contributed by atoms with Gasteiger partial charge < -0.3 is 23.2 Å². The summed E-state index contributed by atoms with van der Waals surface area (Å²) in [6.07, 6.45) is 11.6. The number of carbonyl (C=O) groups excluding carboxylic acids is 1. The topological polar surface area (TPSA) is 84.9 Å². The highest BCUT2D eigenvalue weighted by Gasteiger charge is 2.13. The van der Waals surface area contributed by atoms with Crippen molar-refractivity contribution < 1.29 is 32.5 Å². The van der Waals surface area contributed by atoms with E-state index in [1.54, 1.807) is 0 Å². The van der Waals surface area contributed by atoms with Crippen molar-refractivity contribution in [3.8, 4) is 0 Å². The summed E-state index contributed by atoms with van der Waals surface area (Å²) in [5.41, 5.74) is 0. The maximum Gasteiger partial charge on any atom is 0.305 e. The molecule has 0 bridgehead atoms. The molecule has 0 aliphatic carbocycles. The minimum Gasteiger partial charge on any atom is -0.756 e. The van der Waals surface area contributed by atoms with Gasteiger partial charge in [-0.3, -0.25) is 9.36 Å². The molecule has 0 rings (SSSR count). The number of esters is 1. The Labute approximate surface area is 171 Å². The SMILES string of the molecule is CCCCCCCCCCCC(=O)OCCCOP(=O)([O-])OCC[N+](C)(C)C. The number of nitrogens with zero attached hydrogens (tertiary/aromatic N) is 1. The van der Waals surface area contributed by atoms with E-state index in [4.69, 9.17) is 13.8 Å². The Hall–Kier alpha value is -0.460. The zero-order chi connectivity index (χ0) is 21.3. The molecule has 0 heterocycles. The van der Waals surface area contributed by atoms with E-state index in [-0.39, 0.29) is 25.8 Å². The predicted octanol–water partition coefficient (Wildman–Crippen LogP) is 4.05. The average molecular weight is 424 g/mol. The second-order valence-corrected chi connectivity index (χ2v) is 9.69. The summed E-state index contributed by atoms with van der Waals surface area (Å²) in [6, 6.07) is 0. The third kappa shape index (κ3) is 20.3. The van der Waals surface area contributed by atoms with Gasteiger partial charge in [0.2, 0.25) is 0 Å². The van der Waals surface area contributed by atoms with Crippen LogP contribution in [0.2, 0.25) is 0 Å². The van der Waals surface area contributed by atoms with Crippen LogP contribution in [0.5, 0.6) is 0 Å². The van der Waals surface area contributed by atoms with Crippen LogP contribution in [-0.2, 0) is 23.1 Å². The number of likely N-dealkylation sites (N-methyl/N-ethyl adjacent to an activating group) is 1. The Balaban J connectivity index is 3.50. The molecule has 0 spiro atoms. The molecule has 0 aromatic carbocycles. The molecule has 1 atom stereocenters. The lowest BCUT2D eigenvalue weighted by Crippen LogP contribution is -2.37. The summed E-state index contributed by atoms with van der Waals surface area (Å²) in [6.45, 7) is 2.98. The first-order valence-corrected chi connectivity index (χ1v) is 12.2. The summed E-state index contributed by atoms with van der Waals surface area (Å²) in [5.74, 6) is -0.229. The van der Waals surface area contributed by atoms with Crippen LogP contribution in [0.3, 0.4) is 0 Å². The van der Waals surface area contributed by atoms with Crippen LogP contribution in [0, 0.1) is 0 Å². The fraction of sp³-hybridized carbons (Fsp3) is 0.950. The highest BCUT2D eigenvalue weighted by Crippen LogP contribution is 2.38. The van der Waals surface area contributed by atoms with Gasteiger partial charge in [-0.15, -0.1) is 0 Å². The molecule has 0 amide bonds. The van der Waals surface area contributed by atoms with E-state index in [0.29, 0.717) is 23.9 Å². The van der Waals surface area contributed by atoms with E-state index in [9.17, 15) is 14.3 Å². The largest absolute Gasteiger partial charge is 0.756 e. The summed E-state index contributed by atoms with van der Waals surface area (Å²) < 4.78 is 26.9. The normalized spacial score (nSPS) is 14.0. The summed E-state index contributed by atoms with van der Waals surface area (Å²) in [5, 5.41) is 0. The number of phosphoric ester groups is 1. The molecule has 0 aliphatic heterocycles. The van der Waals surface area contributed by atoms with Crippen molar-refractivity contribution in [1.82, 2.24) is 0 Å². The Morgan fingerprint density at radius 2 is 1.36 bits per heavy atom. The lowest BCUT2D eigenvalue weighted by atomic mass is 10.1. The molecule has 0 aromatic heterocycles. The van der Waals surface area contributed by atoms with Gasteiger partial charge in [0.1, 0.15) is 13.2 Å². The van der Waals surface area contributed by atoms with Gasteiger partial charge in [-0.25, -0.2) is 0 Å². The number of phosphoric acid groups is 1. The van der Waals surface area contributed by atoms with E-state index >= 15 is 0 Å². The molecule has 0 fully saturated rings. The molecule has 0 N–H and O–H groups in total.